The summed E-state index contributed by atoms with van der Waals surface area (Å²) in [5.74, 6) is -0.471. The number of hydrogen-bond donors (Lipinski definition) is 1. The third-order valence-corrected chi connectivity index (χ3v) is 3.05. The number of esters is 1. The van der Waals surface area contributed by atoms with Gasteiger partial charge in [-0.15, -0.1) is 0 Å². The molecule has 1 unspecified atom stereocenters. The van der Waals surface area contributed by atoms with Crippen LogP contribution in [0, 0.1) is 0 Å². The van der Waals surface area contributed by atoms with Crippen molar-refractivity contribution in [2.75, 3.05) is 0 Å². The van der Waals surface area contributed by atoms with E-state index in [0.717, 1.165) is 11.1 Å². The molecule has 0 bridgehead atoms. The molecule has 1 atom stereocenters. The summed E-state index contributed by atoms with van der Waals surface area (Å²) >= 11 is 0. The van der Waals surface area contributed by atoms with E-state index in [1.165, 1.54) is 0 Å². The van der Waals surface area contributed by atoms with Gasteiger partial charge in [-0.05, 0) is 23.3 Å². The summed E-state index contributed by atoms with van der Waals surface area (Å²) in [6.45, 7) is 0. The maximum Gasteiger partial charge on any atom is 0.341 e. The molecule has 1 N–H and O–H groups in total. The van der Waals surface area contributed by atoms with Crippen molar-refractivity contribution < 1.29 is 14.6 Å². The Labute approximate surface area is 110 Å². The third kappa shape index (κ3) is 2.28. The van der Waals surface area contributed by atoms with Crippen molar-refractivity contribution in [3.8, 4) is 0 Å². The first kappa shape index (κ1) is 11.7. The number of fused-ring (bicyclic) bond motifs is 1. The molecule has 0 saturated carbocycles. The van der Waals surface area contributed by atoms with Crippen molar-refractivity contribution in [2.24, 2.45) is 0 Å². The van der Waals surface area contributed by atoms with E-state index in [1.54, 1.807) is 12.1 Å². The zero-order chi connectivity index (χ0) is 13.2. The Morgan fingerprint density at radius 2 is 1.74 bits per heavy atom. The Morgan fingerprint density at radius 1 is 1.00 bits per heavy atom. The monoisotopic (exact) mass is 252 g/mol. The fourth-order valence-corrected chi connectivity index (χ4v) is 2.06. The highest BCUT2D eigenvalue weighted by Gasteiger charge is 2.28. The van der Waals surface area contributed by atoms with Crippen LogP contribution in [0.1, 0.15) is 33.3 Å². The van der Waals surface area contributed by atoms with Crippen molar-refractivity contribution >= 4 is 18.1 Å². The number of aliphatic hydroxyl groups excluding tert-OH is 1. The smallest absolute Gasteiger partial charge is 0.341 e. The van der Waals surface area contributed by atoms with E-state index < -0.39 is 12.3 Å². The van der Waals surface area contributed by atoms with Crippen molar-refractivity contribution in [2.45, 2.75) is 6.29 Å². The Morgan fingerprint density at radius 3 is 2.53 bits per heavy atom. The second-order valence-electron chi connectivity index (χ2n) is 4.35. The predicted molar refractivity (Wildman–Crippen MR) is 72.2 cm³/mol. The van der Waals surface area contributed by atoms with E-state index in [1.807, 2.05) is 48.6 Å². The van der Waals surface area contributed by atoms with Crippen LogP contribution in [0.15, 0.2) is 48.5 Å². The number of aliphatic hydroxyl groups is 1. The van der Waals surface area contributed by atoms with Gasteiger partial charge in [0.2, 0.25) is 6.29 Å². The maximum absolute atomic E-state index is 11.4. The summed E-state index contributed by atoms with van der Waals surface area (Å²) in [5.41, 5.74) is 2.97. The standard InChI is InChI=1S/C16H12O3/c17-15-13-9-8-12(10-14(13)16(18)19-15)7-6-11-4-2-1-3-5-11/h1-10,16,18H/b7-6+. The highest BCUT2D eigenvalue weighted by Crippen LogP contribution is 2.29. The molecule has 0 spiro atoms. The lowest BCUT2D eigenvalue weighted by molar-refractivity contribution is -0.0547. The summed E-state index contributed by atoms with van der Waals surface area (Å²) in [7, 11) is 0. The number of rotatable bonds is 2. The molecule has 1 aliphatic heterocycles. The van der Waals surface area contributed by atoms with Crippen LogP contribution >= 0.6 is 0 Å². The van der Waals surface area contributed by atoms with Gasteiger partial charge in [0.15, 0.2) is 0 Å². The molecule has 3 rings (SSSR count). The minimum absolute atomic E-state index is 0.435. The molecular weight excluding hydrogens is 240 g/mol. The summed E-state index contributed by atoms with van der Waals surface area (Å²) in [4.78, 5) is 11.4. The molecule has 3 nitrogen and oxygen atoms in total. The fraction of sp³-hybridized carbons (Fsp3) is 0.0625. The normalized spacial score (nSPS) is 17.5. The summed E-state index contributed by atoms with van der Waals surface area (Å²) < 4.78 is 4.74. The Kier molecular flexibility index (Phi) is 2.89. The van der Waals surface area contributed by atoms with Crippen LogP contribution in [0.5, 0.6) is 0 Å². The second-order valence-corrected chi connectivity index (χ2v) is 4.35. The molecule has 1 aliphatic rings. The Bertz CT molecular complexity index is 644. The molecule has 1 heterocycles. The molecule has 0 radical (unpaired) electrons. The van der Waals surface area contributed by atoms with Gasteiger partial charge in [0.1, 0.15) is 0 Å². The molecule has 0 fully saturated rings. The van der Waals surface area contributed by atoms with E-state index >= 15 is 0 Å². The van der Waals surface area contributed by atoms with Crippen molar-refractivity contribution in [1.29, 1.82) is 0 Å². The van der Waals surface area contributed by atoms with Crippen LogP contribution in [0.25, 0.3) is 12.2 Å². The molecule has 3 heteroatoms. The number of hydrogen-bond acceptors (Lipinski definition) is 3. The fourth-order valence-electron chi connectivity index (χ4n) is 2.06. The molecular formula is C16H12O3. The van der Waals surface area contributed by atoms with E-state index in [-0.39, 0.29) is 0 Å². The van der Waals surface area contributed by atoms with Crippen LogP contribution in [0.3, 0.4) is 0 Å². The van der Waals surface area contributed by atoms with E-state index in [9.17, 15) is 9.90 Å². The molecule has 0 saturated heterocycles. The topological polar surface area (TPSA) is 46.5 Å². The van der Waals surface area contributed by atoms with Crippen LogP contribution in [-0.2, 0) is 4.74 Å². The third-order valence-electron chi connectivity index (χ3n) is 3.05. The van der Waals surface area contributed by atoms with E-state index in [2.05, 4.69) is 0 Å². The highest BCUT2D eigenvalue weighted by atomic mass is 16.6. The molecule has 0 amide bonds. The zero-order valence-corrected chi connectivity index (χ0v) is 10.1. The average molecular weight is 252 g/mol. The molecule has 2 aromatic carbocycles. The van der Waals surface area contributed by atoms with Crippen molar-refractivity contribution in [1.82, 2.24) is 0 Å². The van der Waals surface area contributed by atoms with E-state index in [0.29, 0.717) is 11.1 Å². The molecule has 2 aromatic rings. The van der Waals surface area contributed by atoms with Gasteiger partial charge in [-0.1, -0.05) is 48.6 Å². The van der Waals surface area contributed by atoms with Crippen LogP contribution in [0.4, 0.5) is 0 Å². The van der Waals surface area contributed by atoms with Crippen molar-refractivity contribution in [3.05, 3.63) is 70.8 Å². The number of carbonyl (C=O) groups is 1. The Hall–Kier alpha value is -2.39. The van der Waals surface area contributed by atoms with Gasteiger partial charge in [0.05, 0.1) is 5.56 Å². The molecule has 19 heavy (non-hydrogen) atoms. The summed E-state index contributed by atoms with van der Waals surface area (Å²) in [6, 6.07) is 15.2. The van der Waals surface area contributed by atoms with Crippen LogP contribution in [0.2, 0.25) is 0 Å². The number of carbonyl (C=O) groups excluding carboxylic acids is 1. The first-order valence-electron chi connectivity index (χ1n) is 6.00. The van der Waals surface area contributed by atoms with Crippen LogP contribution in [-0.4, -0.2) is 11.1 Å². The van der Waals surface area contributed by atoms with Gasteiger partial charge < -0.3 is 9.84 Å². The molecule has 0 aliphatic carbocycles. The highest BCUT2D eigenvalue weighted by molar-refractivity contribution is 5.94. The average Bonchev–Trinajstić information content (AvgIpc) is 2.73. The Balaban J connectivity index is 1.90. The lowest BCUT2D eigenvalue weighted by atomic mass is 10.0. The SMILES string of the molecule is O=C1OC(O)c2cc(/C=C/c3ccccc3)ccc21. The lowest BCUT2D eigenvalue weighted by Crippen LogP contribution is -1.95. The maximum atomic E-state index is 11.4. The van der Waals surface area contributed by atoms with Crippen molar-refractivity contribution in [3.63, 3.8) is 0 Å². The minimum atomic E-state index is -1.15. The largest absolute Gasteiger partial charge is 0.428 e. The molecule has 0 aromatic heterocycles. The van der Waals surface area contributed by atoms with Gasteiger partial charge in [-0.25, -0.2) is 4.79 Å². The summed E-state index contributed by atoms with van der Waals surface area (Å²) in [5, 5.41) is 9.59. The second kappa shape index (κ2) is 4.71. The first-order chi connectivity index (χ1) is 9.24. The lowest BCUT2D eigenvalue weighted by Gasteiger charge is -2.02. The molecule has 94 valence electrons. The number of cyclic esters (lactones) is 1. The quantitative estimate of drug-likeness (QED) is 0.660. The van der Waals surface area contributed by atoms with Crippen LogP contribution < -0.4 is 0 Å². The van der Waals surface area contributed by atoms with E-state index in [4.69, 9.17) is 4.74 Å². The van der Waals surface area contributed by atoms with Gasteiger partial charge in [-0.3, -0.25) is 0 Å². The van der Waals surface area contributed by atoms with Gasteiger partial charge in [0, 0.05) is 5.56 Å². The first-order valence-corrected chi connectivity index (χ1v) is 6.00. The van der Waals surface area contributed by atoms with Gasteiger partial charge in [0.25, 0.3) is 0 Å². The minimum Gasteiger partial charge on any atom is -0.428 e. The zero-order valence-electron chi connectivity index (χ0n) is 10.1. The predicted octanol–water partition coefficient (Wildman–Crippen LogP) is 3.02. The summed E-state index contributed by atoms with van der Waals surface area (Å²) in [6.07, 6.45) is 2.77. The number of benzene rings is 2. The van der Waals surface area contributed by atoms with Gasteiger partial charge in [-0.2, -0.15) is 0 Å². The van der Waals surface area contributed by atoms with Gasteiger partial charge >= 0.3 is 5.97 Å². The number of ether oxygens (including phenoxy) is 1.